The minimum absolute atomic E-state index is 0.819. The van der Waals surface area contributed by atoms with E-state index in [2.05, 4.69) is 6.58 Å². The molecule has 0 aromatic heterocycles. The van der Waals surface area contributed by atoms with Crippen LogP contribution in [-0.2, 0) is 6.42 Å². The van der Waals surface area contributed by atoms with Gasteiger partial charge in [0.2, 0.25) is 0 Å². The highest BCUT2D eigenvalue weighted by Gasteiger charge is 1.87. The molecule has 66 valence electrons. The summed E-state index contributed by atoms with van der Waals surface area (Å²) in [6.07, 6.45) is 2.76. The van der Waals surface area contributed by atoms with Crippen LogP contribution >= 0.6 is 0 Å². The summed E-state index contributed by atoms with van der Waals surface area (Å²) in [5.74, 6) is 0. The molecule has 0 bridgehead atoms. The van der Waals surface area contributed by atoms with Gasteiger partial charge in [0.25, 0.3) is 0 Å². The monoisotopic (exact) mass is 163 g/mol. The Morgan fingerprint density at radius 1 is 1.42 bits per heavy atom. The average molecular weight is 163 g/mol. The highest BCUT2D eigenvalue weighted by molar-refractivity contribution is 5.41. The van der Waals surface area contributed by atoms with Crippen molar-refractivity contribution in [3.63, 3.8) is 0 Å². The predicted molar refractivity (Wildman–Crippen MR) is 56.1 cm³/mol. The van der Waals surface area contributed by atoms with Crippen LogP contribution in [0.4, 0.5) is 5.69 Å². The Bertz CT molecular complexity index is 228. The lowest BCUT2D eigenvalue weighted by Gasteiger charge is -1.96. The molecule has 0 aliphatic carbocycles. The average Bonchev–Trinajstić information content (AvgIpc) is 2.09. The molecule has 1 heteroatoms. The van der Waals surface area contributed by atoms with Crippen LogP contribution < -0.4 is 5.73 Å². The van der Waals surface area contributed by atoms with Crippen molar-refractivity contribution in [3.05, 3.63) is 42.5 Å². The Kier molecular flexibility index (Phi) is 5.80. The summed E-state index contributed by atoms with van der Waals surface area (Å²) < 4.78 is 0. The van der Waals surface area contributed by atoms with Crippen LogP contribution in [0.15, 0.2) is 36.9 Å². The van der Waals surface area contributed by atoms with Gasteiger partial charge in [-0.2, -0.15) is 0 Å². The fraction of sp³-hybridized carbons (Fsp3) is 0.273. The minimum atomic E-state index is 0.819. The summed E-state index contributed by atoms with van der Waals surface area (Å²) in [5, 5.41) is 0. The molecule has 0 fully saturated rings. The lowest BCUT2D eigenvalue weighted by molar-refractivity contribution is 1.28. The lowest BCUT2D eigenvalue weighted by Crippen LogP contribution is -1.86. The maximum absolute atomic E-state index is 5.55. The van der Waals surface area contributed by atoms with Crippen LogP contribution in [-0.4, -0.2) is 0 Å². The van der Waals surface area contributed by atoms with Gasteiger partial charge in [-0.1, -0.05) is 32.1 Å². The molecule has 1 aromatic carbocycles. The van der Waals surface area contributed by atoms with Crippen molar-refractivity contribution in [3.8, 4) is 0 Å². The van der Waals surface area contributed by atoms with E-state index in [1.807, 2.05) is 44.2 Å². The molecular formula is C11H17N. The van der Waals surface area contributed by atoms with Gasteiger partial charge in [-0.15, -0.1) is 6.58 Å². The van der Waals surface area contributed by atoms with E-state index in [9.17, 15) is 0 Å². The third-order valence-electron chi connectivity index (χ3n) is 1.33. The normalized spacial score (nSPS) is 8.17. The summed E-state index contributed by atoms with van der Waals surface area (Å²) in [5.41, 5.74) is 7.59. The van der Waals surface area contributed by atoms with Gasteiger partial charge in [-0.3, -0.25) is 0 Å². The molecule has 0 aliphatic rings. The first-order valence-corrected chi connectivity index (χ1v) is 4.28. The Hall–Kier alpha value is -1.24. The van der Waals surface area contributed by atoms with Crippen molar-refractivity contribution in [2.24, 2.45) is 0 Å². The van der Waals surface area contributed by atoms with Crippen LogP contribution in [0.2, 0.25) is 0 Å². The molecule has 0 amide bonds. The zero-order valence-electron chi connectivity index (χ0n) is 7.88. The maximum atomic E-state index is 5.55. The lowest BCUT2D eigenvalue weighted by atomic mass is 10.1. The molecule has 12 heavy (non-hydrogen) atoms. The van der Waals surface area contributed by atoms with Crippen molar-refractivity contribution >= 4 is 5.69 Å². The molecule has 1 aromatic rings. The molecule has 0 heterocycles. The zero-order valence-corrected chi connectivity index (χ0v) is 7.88. The van der Waals surface area contributed by atoms with E-state index in [4.69, 9.17) is 5.73 Å². The molecule has 2 N–H and O–H groups in total. The molecule has 0 radical (unpaired) electrons. The standard InChI is InChI=1S/C9H11N.C2H6/c1-2-4-8-5-3-6-9(10)7-8;1-2/h2-3,5-7H,1,4,10H2;1-2H3. The van der Waals surface area contributed by atoms with E-state index in [1.165, 1.54) is 5.56 Å². The van der Waals surface area contributed by atoms with Gasteiger partial charge in [0.05, 0.1) is 0 Å². The van der Waals surface area contributed by atoms with E-state index in [0.29, 0.717) is 0 Å². The molecule has 0 unspecified atom stereocenters. The van der Waals surface area contributed by atoms with Crippen LogP contribution in [0.3, 0.4) is 0 Å². The number of anilines is 1. The number of hydrogen-bond donors (Lipinski definition) is 1. The zero-order chi connectivity index (χ0) is 9.40. The van der Waals surface area contributed by atoms with E-state index >= 15 is 0 Å². The third kappa shape index (κ3) is 3.81. The van der Waals surface area contributed by atoms with Gasteiger partial charge in [0.1, 0.15) is 0 Å². The topological polar surface area (TPSA) is 26.0 Å². The summed E-state index contributed by atoms with van der Waals surface area (Å²) in [6, 6.07) is 7.83. The van der Waals surface area contributed by atoms with Crippen molar-refractivity contribution < 1.29 is 0 Å². The smallest absolute Gasteiger partial charge is 0.0316 e. The SMILES string of the molecule is C=CCc1cccc(N)c1.CC. The van der Waals surface area contributed by atoms with Crippen LogP contribution in [0.25, 0.3) is 0 Å². The van der Waals surface area contributed by atoms with Gasteiger partial charge >= 0.3 is 0 Å². The van der Waals surface area contributed by atoms with Gasteiger partial charge < -0.3 is 5.73 Å². The van der Waals surface area contributed by atoms with Crippen LogP contribution in [0.1, 0.15) is 19.4 Å². The molecule has 0 saturated carbocycles. The molecule has 0 saturated heterocycles. The number of allylic oxidation sites excluding steroid dienone is 1. The minimum Gasteiger partial charge on any atom is -0.399 e. The number of rotatable bonds is 2. The van der Waals surface area contributed by atoms with Gasteiger partial charge in [0.15, 0.2) is 0 Å². The molecule has 0 spiro atoms. The quantitative estimate of drug-likeness (QED) is 0.526. The molecule has 1 nitrogen and oxygen atoms in total. The Labute approximate surface area is 74.9 Å². The summed E-state index contributed by atoms with van der Waals surface area (Å²) >= 11 is 0. The van der Waals surface area contributed by atoms with E-state index in [1.54, 1.807) is 0 Å². The number of nitrogen functional groups attached to an aromatic ring is 1. The molecule has 0 atom stereocenters. The van der Waals surface area contributed by atoms with Crippen molar-refractivity contribution in [1.29, 1.82) is 0 Å². The van der Waals surface area contributed by atoms with E-state index < -0.39 is 0 Å². The number of hydrogen-bond acceptors (Lipinski definition) is 1. The Morgan fingerprint density at radius 3 is 2.58 bits per heavy atom. The maximum Gasteiger partial charge on any atom is 0.0316 e. The summed E-state index contributed by atoms with van der Waals surface area (Å²) in [4.78, 5) is 0. The van der Waals surface area contributed by atoms with Crippen molar-refractivity contribution in [2.75, 3.05) is 5.73 Å². The van der Waals surface area contributed by atoms with Gasteiger partial charge in [-0.05, 0) is 24.1 Å². The second-order valence-electron chi connectivity index (χ2n) is 2.24. The van der Waals surface area contributed by atoms with E-state index in [-0.39, 0.29) is 0 Å². The second kappa shape index (κ2) is 6.47. The first-order valence-electron chi connectivity index (χ1n) is 4.28. The van der Waals surface area contributed by atoms with Crippen molar-refractivity contribution in [1.82, 2.24) is 0 Å². The third-order valence-corrected chi connectivity index (χ3v) is 1.33. The van der Waals surface area contributed by atoms with Gasteiger partial charge in [-0.25, -0.2) is 0 Å². The second-order valence-corrected chi connectivity index (χ2v) is 2.24. The first kappa shape index (κ1) is 10.8. The molecular weight excluding hydrogens is 146 g/mol. The van der Waals surface area contributed by atoms with E-state index in [0.717, 1.165) is 12.1 Å². The highest BCUT2D eigenvalue weighted by atomic mass is 14.5. The largest absolute Gasteiger partial charge is 0.399 e. The fourth-order valence-electron chi connectivity index (χ4n) is 0.887. The molecule has 0 aliphatic heterocycles. The van der Waals surface area contributed by atoms with Crippen molar-refractivity contribution in [2.45, 2.75) is 20.3 Å². The summed E-state index contributed by atoms with van der Waals surface area (Å²) in [6.45, 7) is 7.64. The fourth-order valence-corrected chi connectivity index (χ4v) is 0.887. The Morgan fingerprint density at radius 2 is 2.08 bits per heavy atom. The molecule has 1 rings (SSSR count). The first-order chi connectivity index (χ1) is 5.83. The Balaban J connectivity index is 0.000000561. The van der Waals surface area contributed by atoms with Crippen LogP contribution in [0.5, 0.6) is 0 Å². The number of nitrogens with two attached hydrogens (primary N) is 1. The van der Waals surface area contributed by atoms with Crippen LogP contribution in [0, 0.1) is 0 Å². The predicted octanol–water partition coefficient (Wildman–Crippen LogP) is 3.02. The highest BCUT2D eigenvalue weighted by Crippen LogP contribution is 2.06. The van der Waals surface area contributed by atoms with Gasteiger partial charge in [0, 0.05) is 5.69 Å². The number of benzene rings is 1. The summed E-state index contributed by atoms with van der Waals surface area (Å²) in [7, 11) is 0.